The summed E-state index contributed by atoms with van der Waals surface area (Å²) < 4.78 is 0. The van der Waals surface area contributed by atoms with Crippen molar-refractivity contribution in [2.45, 2.75) is 47.6 Å². The van der Waals surface area contributed by atoms with Gasteiger partial charge in [0.1, 0.15) is 17.3 Å². The molecule has 2 rings (SSSR count). The van der Waals surface area contributed by atoms with Crippen molar-refractivity contribution in [1.29, 1.82) is 0 Å². The van der Waals surface area contributed by atoms with Crippen LogP contribution in [0.5, 0.6) is 0 Å². The molecule has 0 unspecified atom stereocenters. The van der Waals surface area contributed by atoms with Gasteiger partial charge in [0, 0.05) is 17.8 Å². The van der Waals surface area contributed by atoms with Crippen LogP contribution >= 0.6 is 0 Å². The number of carbonyl (C=O) groups is 1. The standard InChI is InChI=1S/C18H24N4O/c1-10(2)19-18(23)15-9-16(21-14(6)20-15)22-17-12(4)7-11(3)8-13(17)5/h7-10H,1-6H3,(H,19,23)(H,20,21,22). The maximum absolute atomic E-state index is 12.2. The second kappa shape index (κ2) is 6.77. The predicted octanol–water partition coefficient (Wildman–Crippen LogP) is 3.59. The summed E-state index contributed by atoms with van der Waals surface area (Å²) in [6, 6.07) is 5.99. The summed E-state index contributed by atoms with van der Waals surface area (Å²) in [5.41, 5.74) is 4.90. The van der Waals surface area contributed by atoms with Gasteiger partial charge in [0.25, 0.3) is 5.91 Å². The average Bonchev–Trinajstić information content (AvgIpc) is 2.41. The Balaban J connectivity index is 2.34. The molecule has 0 saturated carbocycles. The largest absolute Gasteiger partial charge is 0.349 e. The van der Waals surface area contributed by atoms with E-state index in [-0.39, 0.29) is 11.9 Å². The topological polar surface area (TPSA) is 66.9 Å². The minimum Gasteiger partial charge on any atom is -0.349 e. The van der Waals surface area contributed by atoms with Crippen LogP contribution in [0.1, 0.15) is 46.9 Å². The molecule has 0 aliphatic rings. The Labute approximate surface area is 137 Å². The van der Waals surface area contributed by atoms with E-state index < -0.39 is 0 Å². The number of anilines is 2. The van der Waals surface area contributed by atoms with Crippen molar-refractivity contribution >= 4 is 17.4 Å². The SMILES string of the molecule is Cc1cc(C)c(Nc2cc(C(=O)NC(C)C)nc(C)n2)c(C)c1. The molecule has 0 atom stereocenters. The highest BCUT2D eigenvalue weighted by atomic mass is 16.1. The minimum atomic E-state index is -0.189. The maximum Gasteiger partial charge on any atom is 0.270 e. The summed E-state index contributed by atoms with van der Waals surface area (Å²) >= 11 is 0. The number of aromatic nitrogens is 2. The van der Waals surface area contributed by atoms with Crippen molar-refractivity contribution in [3.05, 3.63) is 46.4 Å². The lowest BCUT2D eigenvalue weighted by molar-refractivity contribution is 0.0937. The number of amides is 1. The zero-order valence-corrected chi connectivity index (χ0v) is 14.6. The number of hydrogen-bond acceptors (Lipinski definition) is 4. The number of nitrogens with one attached hydrogen (secondary N) is 2. The van der Waals surface area contributed by atoms with E-state index >= 15 is 0 Å². The first kappa shape index (κ1) is 16.9. The molecule has 0 saturated heterocycles. The first-order chi connectivity index (χ1) is 10.8. The maximum atomic E-state index is 12.2. The van der Waals surface area contributed by atoms with E-state index in [4.69, 9.17) is 0 Å². The zero-order chi connectivity index (χ0) is 17.1. The Morgan fingerprint density at radius 1 is 1.00 bits per heavy atom. The van der Waals surface area contributed by atoms with E-state index in [9.17, 15) is 4.79 Å². The third kappa shape index (κ3) is 4.28. The van der Waals surface area contributed by atoms with Crippen molar-refractivity contribution in [3.8, 4) is 0 Å². The van der Waals surface area contributed by atoms with Gasteiger partial charge in [-0.15, -0.1) is 0 Å². The van der Waals surface area contributed by atoms with Gasteiger partial charge in [-0.05, 0) is 52.7 Å². The highest BCUT2D eigenvalue weighted by Gasteiger charge is 2.12. The smallest absolute Gasteiger partial charge is 0.270 e. The summed E-state index contributed by atoms with van der Waals surface area (Å²) in [4.78, 5) is 20.8. The number of aryl methyl sites for hydroxylation is 4. The molecule has 0 radical (unpaired) electrons. The molecule has 1 aromatic heterocycles. The minimum absolute atomic E-state index is 0.0655. The lowest BCUT2D eigenvalue weighted by atomic mass is 10.1. The van der Waals surface area contributed by atoms with Crippen LogP contribution < -0.4 is 10.6 Å². The Morgan fingerprint density at radius 2 is 1.61 bits per heavy atom. The molecule has 1 aromatic carbocycles. The highest BCUT2D eigenvalue weighted by molar-refractivity contribution is 5.93. The Kier molecular flexibility index (Phi) is 4.98. The van der Waals surface area contributed by atoms with Crippen LogP contribution in [-0.2, 0) is 0 Å². The molecule has 1 amide bonds. The van der Waals surface area contributed by atoms with Crippen LogP contribution in [0.15, 0.2) is 18.2 Å². The van der Waals surface area contributed by atoms with Gasteiger partial charge in [-0.25, -0.2) is 9.97 Å². The van der Waals surface area contributed by atoms with Crippen molar-refractivity contribution < 1.29 is 4.79 Å². The molecule has 23 heavy (non-hydrogen) atoms. The first-order valence-corrected chi connectivity index (χ1v) is 7.77. The average molecular weight is 312 g/mol. The fourth-order valence-corrected chi connectivity index (χ4v) is 2.59. The van der Waals surface area contributed by atoms with E-state index in [1.54, 1.807) is 13.0 Å². The molecule has 0 aliphatic carbocycles. The third-order valence-corrected chi connectivity index (χ3v) is 3.42. The van der Waals surface area contributed by atoms with Gasteiger partial charge < -0.3 is 10.6 Å². The monoisotopic (exact) mass is 312 g/mol. The van der Waals surface area contributed by atoms with Crippen LogP contribution in [0.2, 0.25) is 0 Å². The number of nitrogens with zero attached hydrogens (tertiary/aromatic N) is 2. The van der Waals surface area contributed by atoms with Crippen LogP contribution in [0, 0.1) is 27.7 Å². The van der Waals surface area contributed by atoms with Gasteiger partial charge in [0.15, 0.2) is 0 Å². The molecule has 5 heteroatoms. The molecule has 0 spiro atoms. The summed E-state index contributed by atoms with van der Waals surface area (Å²) in [6.07, 6.45) is 0. The van der Waals surface area contributed by atoms with Crippen LogP contribution in [0.25, 0.3) is 0 Å². The first-order valence-electron chi connectivity index (χ1n) is 7.77. The number of benzene rings is 1. The van der Waals surface area contributed by atoms with Crippen molar-refractivity contribution in [2.24, 2.45) is 0 Å². The van der Waals surface area contributed by atoms with Crippen molar-refractivity contribution in [1.82, 2.24) is 15.3 Å². The summed E-state index contributed by atoms with van der Waals surface area (Å²) in [7, 11) is 0. The second-order valence-corrected chi connectivity index (χ2v) is 6.21. The molecule has 2 N–H and O–H groups in total. The fourth-order valence-electron chi connectivity index (χ4n) is 2.59. The van der Waals surface area contributed by atoms with Crippen LogP contribution in [-0.4, -0.2) is 21.9 Å². The Morgan fingerprint density at radius 3 is 2.17 bits per heavy atom. The molecular weight excluding hydrogens is 288 g/mol. The lowest BCUT2D eigenvalue weighted by Gasteiger charge is -2.14. The second-order valence-electron chi connectivity index (χ2n) is 6.21. The van der Waals surface area contributed by atoms with E-state index in [2.05, 4.69) is 53.5 Å². The lowest BCUT2D eigenvalue weighted by Crippen LogP contribution is -2.31. The molecule has 1 heterocycles. The van der Waals surface area contributed by atoms with E-state index in [0.717, 1.165) is 16.8 Å². The molecule has 0 aliphatic heterocycles. The van der Waals surface area contributed by atoms with Gasteiger partial charge in [-0.3, -0.25) is 4.79 Å². The van der Waals surface area contributed by atoms with E-state index in [1.807, 2.05) is 13.8 Å². The summed E-state index contributed by atoms with van der Waals surface area (Å²) in [5, 5.41) is 6.18. The molecule has 5 nitrogen and oxygen atoms in total. The molecule has 2 aromatic rings. The Hall–Kier alpha value is -2.43. The normalized spacial score (nSPS) is 10.7. The number of hydrogen-bond donors (Lipinski definition) is 2. The van der Waals surface area contributed by atoms with Crippen molar-refractivity contribution in [2.75, 3.05) is 5.32 Å². The zero-order valence-electron chi connectivity index (χ0n) is 14.6. The van der Waals surface area contributed by atoms with E-state index in [0.29, 0.717) is 17.3 Å². The highest BCUT2D eigenvalue weighted by Crippen LogP contribution is 2.25. The summed E-state index contributed by atoms with van der Waals surface area (Å²) in [5.74, 6) is 0.999. The molecule has 122 valence electrons. The predicted molar refractivity (Wildman–Crippen MR) is 93.3 cm³/mol. The third-order valence-electron chi connectivity index (χ3n) is 3.42. The Bertz CT molecular complexity index is 715. The molecule has 0 bridgehead atoms. The molecule has 0 fully saturated rings. The quantitative estimate of drug-likeness (QED) is 0.905. The molecular formula is C18H24N4O. The van der Waals surface area contributed by atoms with Gasteiger partial charge in [0.05, 0.1) is 0 Å². The van der Waals surface area contributed by atoms with Crippen LogP contribution in [0.4, 0.5) is 11.5 Å². The van der Waals surface area contributed by atoms with Gasteiger partial charge in [-0.1, -0.05) is 17.7 Å². The van der Waals surface area contributed by atoms with Gasteiger partial charge >= 0.3 is 0 Å². The number of carbonyl (C=O) groups excluding carboxylic acids is 1. The van der Waals surface area contributed by atoms with Gasteiger partial charge in [0.2, 0.25) is 0 Å². The van der Waals surface area contributed by atoms with Gasteiger partial charge in [-0.2, -0.15) is 0 Å². The van der Waals surface area contributed by atoms with E-state index in [1.165, 1.54) is 5.56 Å². The number of rotatable bonds is 4. The summed E-state index contributed by atoms with van der Waals surface area (Å²) in [6.45, 7) is 11.8. The van der Waals surface area contributed by atoms with Crippen molar-refractivity contribution in [3.63, 3.8) is 0 Å². The van der Waals surface area contributed by atoms with Crippen LogP contribution in [0.3, 0.4) is 0 Å². The fraction of sp³-hybridized carbons (Fsp3) is 0.389.